The van der Waals surface area contributed by atoms with Gasteiger partial charge in [0, 0.05) is 18.1 Å². The van der Waals surface area contributed by atoms with E-state index in [0.29, 0.717) is 0 Å². The zero-order valence-electron chi connectivity index (χ0n) is 12.5. The van der Waals surface area contributed by atoms with E-state index < -0.39 is 6.04 Å². The molecule has 2 unspecified atom stereocenters. The van der Waals surface area contributed by atoms with E-state index in [1.165, 1.54) is 0 Å². The number of hydrogen-bond donors (Lipinski definition) is 2. The van der Waals surface area contributed by atoms with Crippen molar-refractivity contribution in [2.75, 3.05) is 6.61 Å². The Balaban J connectivity index is 2.53. The highest BCUT2D eigenvalue weighted by atomic mass is 16.5. The minimum atomic E-state index is -0.473. The number of amides is 1. The molecule has 0 radical (unpaired) electrons. The topological polar surface area (TPSA) is 64.3 Å². The largest absolute Gasteiger partial charge is 0.378 e. The molecule has 1 aliphatic carbocycles. The van der Waals surface area contributed by atoms with Gasteiger partial charge in [-0.1, -0.05) is 34.6 Å². The van der Waals surface area contributed by atoms with Gasteiger partial charge >= 0.3 is 0 Å². The predicted molar refractivity (Wildman–Crippen MR) is 73.2 cm³/mol. The number of ether oxygens (including phenoxy) is 1. The number of rotatable bonds is 4. The molecule has 4 nitrogen and oxygen atoms in total. The van der Waals surface area contributed by atoms with Crippen LogP contribution in [0.5, 0.6) is 0 Å². The molecule has 106 valence electrons. The molecule has 1 rings (SSSR count). The second-order valence-corrected chi connectivity index (χ2v) is 6.91. The lowest BCUT2D eigenvalue weighted by Gasteiger charge is -2.52. The number of nitrogens with two attached hydrogens (primary N) is 1. The van der Waals surface area contributed by atoms with Crippen LogP contribution >= 0.6 is 0 Å². The fourth-order valence-electron chi connectivity index (χ4n) is 2.27. The Morgan fingerprint density at radius 2 is 2.06 bits per heavy atom. The van der Waals surface area contributed by atoms with Crippen LogP contribution in [0.2, 0.25) is 0 Å². The first kappa shape index (κ1) is 15.4. The van der Waals surface area contributed by atoms with Crippen molar-refractivity contribution >= 4 is 5.91 Å². The predicted octanol–water partition coefficient (Wildman–Crippen LogP) is 1.68. The lowest BCUT2D eigenvalue weighted by atomic mass is 9.64. The molecule has 0 spiro atoms. The van der Waals surface area contributed by atoms with Crippen LogP contribution in [-0.4, -0.2) is 30.7 Å². The molecule has 18 heavy (non-hydrogen) atoms. The minimum absolute atomic E-state index is 0.0106. The van der Waals surface area contributed by atoms with E-state index in [0.717, 1.165) is 13.0 Å². The maximum absolute atomic E-state index is 12.1. The van der Waals surface area contributed by atoms with Crippen molar-refractivity contribution in [3.05, 3.63) is 0 Å². The van der Waals surface area contributed by atoms with E-state index in [4.69, 9.17) is 10.5 Å². The number of carbonyl (C=O) groups is 1. The van der Waals surface area contributed by atoms with Crippen molar-refractivity contribution < 1.29 is 9.53 Å². The summed E-state index contributed by atoms with van der Waals surface area (Å²) in [6.07, 6.45) is 1.11. The second-order valence-electron chi connectivity index (χ2n) is 6.91. The number of carbonyl (C=O) groups excluding carboxylic acids is 1. The summed E-state index contributed by atoms with van der Waals surface area (Å²) in [7, 11) is 0. The van der Waals surface area contributed by atoms with E-state index in [-0.39, 0.29) is 28.9 Å². The highest BCUT2D eigenvalue weighted by molar-refractivity contribution is 5.82. The second kappa shape index (κ2) is 5.17. The Morgan fingerprint density at radius 1 is 1.50 bits per heavy atom. The highest BCUT2D eigenvalue weighted by Crippen LogP contribution is 2.42. The SMILES string of the molecule is CCOC1CC(NC(=O)[C@H](N)C(C)(C)C)C1(C)C. The van der Waals surface area contributed by atoms with Gasteiger partial charge < -0.3 is 15.8 Å². The van der Waals surface area contributed by atoms with Gasteiger partial charge in [-0.3, -0.25) is 4.79 Å². The smallest absolute Gasteiger partial charge is 0.237 e. The fraction of sp³-hybridized carbons (Fsp3) is 0.929. The monoisotopic (exact) mass is 256 g/mol. The molecular formula is C14H28N2O2. The van der Waals surface area contributed by atoms with Crippen LogP contribution in [0.15, 0.2) is 0 Å². The van der Waals surface area contributed by atoms with Crippen LogP contribution in [-0.2, 0) is 9.53 Å². The van der Waals surface area contributed by atoms with Gasteiger partial charge in [0.05, 0.1) is 12.1 Å². The first-order valence-electron chi connectivity index (χ1n) is 6.78. The number of nitrogens with one attached hydrogen (secondary N) is 1. The summed E-state index contributed by atoms with van der Waals surface area (Å²) in [5.74, 6) is -0.0597. The van der Waals surface area contributed by atoms with Gasteiger partial charge in [-0.05, 0) is 18.8 Å². The van der Waals surface area contributed by atoms with Crippen molar-refractivity contribution in [1.29, 1.82) is 0 Å². The first-order chi connectivity index (χ1) is 8.10. The number of hydrogen-bond acceptors (Lipinski definition) is 3. The van der Waals surface area contributed by atoms with Gasteiger partial charge in [-0.25, -0.2) is 0 Å². The molecule has 1 aliphatic rings. The van der Waals surface area contributed by atoms with Crippen molar-refractivity contribution in [3.63, 3.8) is 0 Å². The van der Waals surface area contributed by atoms with Crippen molar-refractivity contribution in [3.8, 4) is 0 Å². The standard InChI is InChI=1S/C14H28N2O2/c1-7-18-10-8-9(14(10,5)6)16-12(17)11(15)13(2,3)4/h9-11H,7-8,15H2,1-6H3,(H,16,17)/t9?,10?,11-/m0/s1. The molecule has 1 amide bonds. The molecule has 4 heteroatoms. The Morgan fingerprint density at radius 3 is 2.44 bits per heavy atom. The third kappa shape index (κ3) is 3.04. The van der Waals surface area contributed by atoms with Crippen LogP contribution in [0.4, 0.5) is 0 Å². The van der Waals surface area contributed by atoms with Gasteiger partial charge in [0.25, 0.3) is 0 Å². The van der Waals surface area contributed by atoms with Gasteiger partial charge in [0.1, 0.15) is 0 Å². The van der Waals surface area contributed by atoms with Crippen molar-refractivity contribution in [2.45, 2.75) is 66.2 Å². The van der Waals surface area contributed by atoms with Crippen molar-refractivity contribution in [1.82, 2.24) is 5.32 Å². The minimum Gasteiger partial charge on any atom is -0.378 e. The van der Waals surface area contributed by atoms with Crippen LogP contribution in [0, 0.1) is 10.8 Å². The van der Waals surface area contributed by atoms with Crippen LogP contribution in [0.3, 0.4) is 0 Å². The summed E-state index contributed by atoms with van der Waals surface area (Å²) in [6.45, 7) is 12.9. The molecule has 0 heterocycles. The Kier molecular flexibility index (Phi) is 4.44. The molecule has 1 fully saturated rings. The summed E-state index contributed by atoms with van der Waals surface area (Å²) in [5, 5.41) is 3.06. The van der Waals surface area contributed by atoms with E-state index in [2.05, 4.69) is 19.2 Å². The molecule has 0 aromatic heterocycles. The molecule has 3 atom stereocenters. The fourth-order valence-corrected chi connectivity index (χ4v) is 2.27. The Hall–Kier alpha value is -0.610. The summed E-state index contributed by atoms with van der Waals surface area (Å²) >= 11 is 0. The van der Waals surface area contributed by atoms with Crippen LogP contribution in [0.25, 0.3) is 0 Å². The summed E-state index contributed by atoms with van der Waals surface area (Å²) in [4.78, 5) is 12.1. The third-order valence-corrected chi connectivity index (χ3v) is 4.08. The summed E-state index contributed by atoms with van der Waals surface area (Å²) in [6, 6.07) is -0.311. The van der Waals surface area contributed by atoms with Gasteiger partial charge in [-0.15, -0.1) is 0 Å². The van der Waals surface area contributed by atoms with Gasteiger partial charge in [0.15, 0.2) is 0 Å². The normalized spacial score (nSPS) is 28.4. The molecule has 1 saturated carbocycles. The lowest BCUT2D eigenvalue weighted by Crippen LogP contribution is -2.64. The zero-order chi connectivity index (χ0) is 14.1. The summed E-state index contributed by atoms with van der Waals surface area (Å²) < 4.78 is 5.65. The van der Waals surface area contributed by atoms with E-state index >= 15 is 0 Å². The molecule has 0 aromatic carbocycles. The van der Waals surface area contributed by atoms with Gasteiger partial charge in [0.2, 0.25) is 5.91 Å². The summed E-state index contributed by atoms with van der Waals surface area (Å²) in [5.41, 5.74) is 5.74. The van der Waals surface area contributed by atoms with E-state index in [1.54, 1.807) is 0 Å². The lowest BCUT2D eigenvalue weighted by molar-refractivity contribution is -0.139. The molecule has 0 aliphatic heterocycles. The van der Waals surface area contributed by atoms with Crippen LogP contribution in [0.1, 0.15) is 48.0 Å². The molecule has 3 N–H and O–H groups in total. The van der Waals surface area contributed by atoms with Crippen LogP contribution < -0.4 is 11.1 Å². The maximum atomic E-state index is 12.1. The van der Waals surface area contributed by atoms with E-state index in [9.17, 15) is 4.79 Å². The first-order valence-corrected chi connectivity index (χ1v) is 6.78. The average molecular weight is 256 g/mol. The molecule has 0 saturated heterocycles. The molecule has 0 aromatic rings. The zero-order valence-corrected chi connectivity index (χ0v) is 12.5. The molecular weight excluding hydrogens is 228 g/mol. The van der Waals surface area contributed by atoms with Crippen molar-refractivity contribution in [2.24, 2.45) is 16.6 Å². The quantitative estimate of drug-likeness (QED) is 0.804. The Labute approximate surface area is 111 Å². The van der Waals surface area contributed by atoms with E-state index in [1.807, 2.05) is 27.7 Å². The highest BCUT2D eigenvalue weighted by Gasteiger charge is 2.50. The average Bonchev–Trinajstić information content (AvgIpc) is 2.25. The van der Waals surface area contributed by atoms with Gasteiger partial charge in [-0.2, -0.15) is 0 Å². The maximum Gasteiger partial charge on any atom is 0.237 e. The third-order valence-electron chi connectivity index (χ3n) is 4.08. The molecule has 0 bridgehead atoms. The Bertz CT molecular complexity index is 307.